The van der Waals surface area contributed by atoms with E-state index < -0.39 is 5.60 Å². The molecule has 6 heteroatoms. The fraction of sp³-hybridized carbons (Fsp3) is 0.933. The van der Waals surface area contributed by atoms with Crippen molar-refractivity contribution in [3.63, 3.8) is 0 Å². The van der Waals surface area contributed by atoms with Crippen LogP contribution in [0.4, 0.5) is 4.79 Å². The molecule has 122 valence electrons. The van der Waals surface area contributed by atoms with Gasteiger partial charge < -0.3 is 15.8 Å². The van der Waals surface area contributed by atoms with Crippen LogP contribution >= 0.6 is 0 Å². The number of nitrogens with two attached hydrogens (primary N) is 1. The SMILES string of the molecule is CC(C)(C)OC(=O)NCC(CN)N1CCN(C2CC2)CC1. The average Bonchev–Trinajstić information content (AvgIpc) is 3.22. The van der Waals surface area contributed by atoms with Crippen molar-refractivity contribution in [2.24, 2.45) is 5.73 Å². The first-order chi connectivity index (χ1) is 9.89. The number of rotatable bonds is 5. The molecule has 0 aromatic carbocycles. The molecule has 0 bridgehead atoms. The predicted molar refractivity (Wildman–Crippen MR) is 83.2 cm³/mol. The number of hydrogen-bond donors (Lipinski definition) is 2. The van der Waals surface area contributed by atoms with Crippen molar-refractivity contribution in [2.75, 3.05) is 39.3 Å². The van der Waals surface area contributed by atoms with Crippen molar-refractivity contribution in [1.82, 2.24) is 15.1 Å². The van der Waals surface area contributed by atoms with E-state index in [1.165, 1.54) is 12.8 Å². The summed E-state index contributed by atoms with van der Waals surface area (Å²) in [6, 6.07) is 1.03. The standard InChI is InChI=1S/C15H30N4O2/c1-15(2,3)21-14(20)17-11-13(10-16)19-8-6-18(7-9-19)12-4-5-12/h12-13H,4-11,16H2,1-3H3,(H,17,20). The van der Waals surface area contributed by atoms with Crippen LogP contribution in [0.25, 0.3) is 0 Å². The minimum Gasteiger partial charge on any atom is -0.444 e. The van der Waals surface area contributed by atoms with Gasteiger partial charge in [0.25, 0.3) is 0 Å². The topological polar surface area (TPSA) is 70.8 Å². The van der Waals surface area contributed by atoms with Gasteiger partial charge in [0.05, 0.1) is 0 Å². The Kier molecular flexibility index (Phi) is 5.46. The lowest BCUT2D eigenvalue weighted by molar-refractivity contribution is 0.0485. The number of alkyl carbamates (subject to hydrolysis) is 1. The van der Waals surface area contributed by atoms with Crippen molar-refractivity contribution in [1.29, 1.82) is 0 Å². The van der Waals surface area contributed by atoms with Gasteiger partial charge in [-0.15, -0.1) is 0 Å². The summed E-state index contributed by atoms with van der Waals surface area (Å²) < 4.78 is 5.26. The first kappa shape index (κ1) is 16.5. The van der Waals surface area contributed by atoms with Gasteiger partial charge in [-0.25, -0.2) is 4.79 Å². The average molecular weight is 298 g/mol. The van der Waals surface area contributed by atoms with Crippen LogP contribution in [0.15, 0.2) is 0 Å². The molecule has 1 unspecified atom stereocenters. The molecule has 2 fully saturated rings. The molecule has 1 aliphatic heterocycles. The molecule has 1 saturated heterocycles. The fourth-order valence-corrected chi connectivity index (χ4v) is 2.78. The maximum absolute atomic E-state index is 11.7. The van der Waals surface area contributed by atoms with Crippen LogP contribution in [-0.4, -0.2) is 72.8 Å². The van der Waals surface area contributed by atoms with E-state index in [0.717, 1.165) is 32.2 Å². The number of piperazine rings is 1. The highest BCUT2D eigenvalue weighted by Crippen LogP contribution is 2.27. The Bertz CT molecular complexity index is 344. The molecule has 0 spiro atoms. The summed E-state index contributed by atoms with van der Waals surface area (Å²) in [7, 11) is 0. The van der Waals surface area contributed by atoms with Crippen LogP contribution < -0.4 is 11.1 Å². The second-order valence-corrected chi connectivity index (χ2v) is 7.08. The smallest absolute Gasteiger partial charge is 0.407 e. The molecule has 0 aromatic rings. The predicted octanol–water partition coefficient (Wildman–Crippen LogP) is 0.618. The number of carbonyl (C=O) groups excluding carboxylic acids is 1. The van der Waals surface area contributed by atoms with Crippen molar-refractivity contribution in [3.8, 4) is 0 Å². The van der Waals surface area contributed by atoms with Crippen molar-refractivity contribution in [3.05, 3.63) is 0 Å². The van der Waals surface area contributed by atoms with Gasteiger partial charge in [-0.3, -0.25) is 9.80 Å². The molecule has 1 saturated carbocycles. The van der Waals surface area contributed by atoms with Gasteiger partial charge in [-0.1, -0.05) is 0 Å². The maximum atomic E-state index is 11.7. The second kappa shape index (κ2) is 6.94. The lowest BCUT2D eigenvalue weighted by Gasteiger charge is -2.39. The molecule has 1 aliphatic carbocycles. The van der Waals surface area contributed by atoms with E-state index in [2.05, 4.69) is 15.1 Å². The Hall–Kier alpha value is -0.850. The molecule has 2 rings (SSSR count). The van der Waals surface area contributed by atoms with Gasteiger partial charge in [-0.2, -0.15) is 0 Å². The Morgan fingerprint density at radius 1 is 1.29 bits per heavy atom. The number of nitrogens with zero attached hydrogens (tertiary/aromatic N) is 2. The molecule has 1 atom stereocenters. The van der Waals surface area contributed by atoms with Crippen LogP contribution in [-0.2, 0) is 4.74 Å². The summed E-state index contributed by atoms with van der Waals surface area (Å²) in [5.74, 6) is 0. The zero-order valence-electron chi connectivity index (χ0n) is 13.6. The molecule has 1 heterocycles. The zero-order valence-corrected chi connectivity index (χ0v) is 13.6. The van der Waals surface area contributed by atoms with Gasteiger partial charge in [0.2, 0.25) is 0 Å². The largest absolute Gasteiger partial charge is 0.444 e. The number of hydrogen-bond acceptors (Lipinski definition) is 5. The molecular weight excluding hydrogens is 268 g/mol. The minimum atomic E-state index is -0.460. The van der Waals surface area contributed by atoms with Gasteiger partial charge in [0.15, 0.2) is 0 Å². The van der Waals surface area contributed by atoms with E-state index in [1.54, 1.807) is 0 Å². The third-order valence-corrected chi connectivity index (χ3v) is 4.08. The summed E-state index contributed by atoms with van der Waals surface area (Å²) in [4.78, 5) is 16.7. The highest BCUT2D eigenvalue weighted by molar-refractivity contribution is 5.67. The van der Waals surface area contributed by atoms with Crippen molar-refractivity contribution < 1.29 is 9.53 Å². The first-order valence-electron chi connectivity index (χ1n) is 8.04. The summed E-state index contributed by atoms with van der Waals surface area (Å²) in [5.41, 5.74) is 5.42. The molecule has 1 amide bonds. The molecule has 3 N–H and O–H groups in total. The zero-order chi connectivity index (χ0) is 15.5. The summed E-state index contributed by atoms with van der Waals surface area (Å²) in [6.07, 6.45) is 2.36. The molecule has 0 radical (unpaired) electrons. The summed E-state index contributed by atoms with van der Waals surface area (Å²) in [5, 5.41) is 2.84. The Balaban J connectivity index is 1.71. The van der Waals surface area contributed by atoms with E-state index in [9.17, 15) is 4.79 Å². The minimum absolute atomic E-state index is 0.193. The summed E-state index contributed by atoms with van der Waals surface area (Å²) >= 11 is 0. The highest BCUT2D eigenvalue weighted by Gasteiger charge is 2.32. The van der Waals surface area contributed by atoms with Crippen LogP contribution in [0.5, 0.6) is 0 Å². The van der Waals surface area contributed by atoms with Crippen molar-refractivity contribution >= 4 is 6.09 Å². The fourth-order valence-electron chi connectivity index (χ4n) is 2.78. The van der Waals surface area contributed by atoms with E-state index in [4.69, 9.17) is 10.5 Å². The lowest BCUT2D eigenvalue weighted by atomic mass is 10.2. The lowest BCUT2D eigenvalue weighted by Crippen LogP contribution is -2.56. The van der Waals surface area contributed by atoms with Crippen LogP contribution in [0.3, 0.4) is 0 Å². The van der Waals surface area contributed by atoms with Gasteiger partial charge in [-0.05, 0) is 33.6 Å². The molecule has 21 heavy (non-hydrogen) atoms. The first-order valence-corrected chi connectivity index (χ1v) is 8.04. The summed E-state index contributed by atoms with van der Waals surface area (Å²) in [6.45, 7) is 11.0. The number of carbonyl (C=O) groups is 1. The Morgan fingerprint density at radius 3 is 2.38 bits per heavy atom. The van der Waals surface area contributed by atoms with E-state index in [-0.39, 0.29) is 12.1 Å². The third kappa shape index (κ3) is 5.45. The molecule has 0 aromatic heterocycles. The van der Waals surface area contributed by atoms with Crippen LogP contribution in [0.1, 0.15) is 33.6 Å². The van der Waals surface area contributed by atoms with E-state index in [1.807, 2.05) is 20.8 Å². The molecular formula is C15H30N4O2. The molecule has 2 aliphatic rings. The van der Waals surface area contributed by atoms with Crippen molar-refractivity contribution in [2.45, 2.75) is 51.3 Å². The normalized spacial score (nSPS) is 22.9. The highest BCUT2D eigenvalue weighted by atomic mass is 16.6. The van der Waals surface area contributed by atoms with Crippen LogP contribution in [0, 0.1) is 0 Å². The quantitative estimate of drug-likeness (QED) is 0.778. The Labute approximate surface area is 128 Å². The van der Waals surface area contributed by atoms with Gasteiger partial charge in [0.1, 0.15) is 5.60 Å². The number of amides is 1. The van der Waals surface area contributed by atoms with Gasteiger partial charge in [0, 0.05) is 51.4 Å². The van der Waals surface area contributed by atoms with E-state index in [0.29, 0.717) is 13.1 Å². The van der Waals surface area contributed by atoms with Gasteiger partial charge >= 0.3 is 6.09 Å². The van der Waals surface area contributed by atoms with Crippen LogP contribution in [0.2, 0.25) is 0 Å². The number of ether oxygens (including phenoxy) is 1. The Morgan fingerprint density at radius 2 is 1.90 bits per heavy atom. The van der Waals surface area contributed by atoms with E-state index >= 15 is 0 Å². The number of nitrogens with one attached hydrogen (secondary N) is 1. The second-order valence-electron chi connectivity index (χ2n) is 7.08. The third-order valence-electron chi connectivity index (χ3n) is 4.08. The monoisotopic (exact) mass is 298 g/mol. The maximum Gasteiger partial charge on any atom is 0.407 e. The molecule has 6 nitrogen and oxygen atoms in total.